The van der Waals surface area contributed by atoms with Gasteiger partial charge in [-0.3, -0.25) is 4.99 Å². The second-order valence-electron chi connectivity index (χ2n) is 2.57. The lowest BCUT2D eigenvalue weighted by Gasteiger charge is -1.93. The van der Waals surface area contributed by atoms with E-state index in [2.05, 4.69) is 4.99 Å². The van der Waals surface area contributed by atoms with E-state index >= 15 is 0 Å². The molecule has 0 saturated heterocycles. The van der Waals surface area contributed by atoms with Crippen LogP contribution >= 0.6 is 0 Å². The van der Waals surface area contributed by atoms with Crippen LogP contribution in [-0.2, 0) is 4.79 Å². The van der Waals surface area contributed by atoms with Gasteiger partial charge >= 0.3 is 0 Å². The van der Waals surface area contributed by atoms with Gasteiger partial charge in [0.15, 0.2) is 0 Å². The van der Waals surface area contributed by atoms with E-state index in [0.29, 0.717) is 0 Å². The summed E-state index contributed by atoms with van der Waals surface area (Å²) in [5.41, 5.74) is 1.02. The van der Waals surface area contributed by atoms with Gasteiger partial charge in [-0.25, -0.2) is 0 Å². The van der Waals surface area contributed by atoms with Gasteiger partial charge in [0.2, 0.25) is 0 Å². The minimum Gasteiger partial charge on any atom is -0.301 e. The number of rotatable bonds is 3. The summed E-state index contributed by atoms with van der Waals surface area (Å²) < 4.78 is 0. The maximum atomic E-state index is 10.2. The van der Waals surface area contributed by atoms with Crippen LogP contribution in [0.15, 0.2) is 35.3 Å². The molecule has 0 aliphatic heterocycles. The first-order valence-electron chi connectivity index (χ1n) is 3.86. The van der Waals surface area contributed by atoms with Crippen molar-refractivity contribution in [2.45, 2.75) is 13.0 Å². The standard InChI is InChI=1S/C10H11NO/c1-9(8-12)11-7-10-5-3-2-4-6-10/h2-9H,1H3/t9-/m0/s1. The van der Waals surface area contributed by atoms with Crippen molar-refractivity contribution in [3.63, 3.8) is 0 Å². The third kappa shape index (κ3) is 2.66. The Bertz CT molecular complexity index is 266. The quantitative estimate of drug-likeness (QED) is 0.490. The predicted octanol–water partition coefficient (Wildman–Crippen LogP) is 1.69. The SMILES string of the molecule is C[C@@H](C=O)N=Cc1ccccc1. The van der Waals surface area contributed by atoms with Crippen molar-refractivity contribution in [3.8, 4) is 0 Å². The normalized spacial score (nSPS) is 13.1. The molecule has 0 bridgehead atoms. The first kappa shape index (κ1) is 8.65. The monoisotopic (exact) mass is 161 g/mol. The van der Waals surface area contributed by atoms with Crippen LogP contribution < -0.4 is 0 Å². The van der Waals surface area contributed by atoms with Gasteiger partial charge in [0.1, 0.15) is 12.3 Å². The van der Waals surface area contributed by atoms with Crippen molar-refractivity contribution in [2.24, 2.45) is 4.99 Å². The summed E-state index contributed by atoms with van der Waals surface area (Å²) in [6.45, 7) is 1.76. The summed E-state index contributed by atoms with van der Waals surface area (Å²) in [4.78, 5) is 14.2. The van der Waals surface area contributed by atoms with Gasteiger partial charge in [0.25, 0.3) is 0 Å². The second kappa shape index (κ2) is 4.44. The Kier molecular flexibility index (Phi) is 3.20. The van der Waals surface area contributed by atoms with Gasteiger partial charge in [-0.15, -0.1) is 0 Å². The highest BCUT2D eigenvalue weighted by molar-refractivity contribution is 5.80. The fourth-order valence-electron chi connectivity index (χ4n) is 0.778. The molecule has 12 heavy (non-hydrogen) atoms. The van der Waals surface area contributed by atoms with Crippen molar-refractivity contribution >= 4 is 12.5 Å². The van der Waals surface area contributed by atoms with Gasteiger partial charge < -0.3 is 4.79 Å². The molecular formula is C10H11NO. The molecule has 0 heterocycles. The first-order chi connectivity index (χ1) is 5.83. The summed E-state index contributed by atoms with van der Waals surface area (Å²) in [6, 6.07) is 9.47. The maximum absolute atomic E-state index is 10.2. The molecule has 0 aliphatic rings. The number of carbonyl (C=O) groups excluding carboxylic acids is 1. The Balaban J connectivity index is 2.63. The van der Waals surface area contributed by atoms with Gasteiger partial charge in [-0.2, -0.15) is 0 Å². The van der Waals surface area contributed by atoms with Gasteiger partial charge in [0, 0.05) is 6.21 Å². The van der Waals surface area contributed by atoms with E-state index in [-0.39, 0.29) is 6.04 Å². The Morgan fingerprint density at radius 1 is 1.33 bits per heavy atom. The van der Waals surface area contributed by atoms with E-state index in [1.54, 1.807) is 13.1 Å². The lowest BCUT2D eigenvalue weighted by Crippen LogP contribution is -1.98. The molecule has 0 saturated carbocycles. The molecule has 0 amide bonds. The van der Waals surface area contributed by atoms with Crippen molar-refractivity contribution in [1.82, 2.24) is 0 Å². The number of aldehydes is 1. The Hall–Kier alpha value is -1.44. The summed E-state index contributed by atoms with van der Waals surface area (Å²) >= 11 is 0. The molecule has 2 nitrogen and oxygen atoms in total. The number of hydrogen-bond donors (Lipinski definition) is 0. The van der Waals surface area contributed by atoms with E-state index in [1.807, 2.05) is 30.3 Å². The zero-order chi connectivity index (χ0) is 8.81. The average Bonchev–Trinajstić information content (AvgIpc) is 2.16. The highest BCUT2D eigenvalue weighted by Gasteiger charge is 1.91. The predicted molar refractivity (Wildman–Crippen MR) is 49.6 cm³/mol. The molecule has 0 aromatic heterocycles. The van der Waals surface area contributed by atoms with Crippen molar-refractivity contribution < 1.29 is 4.79 Å². The van der Waals surface area contributed by atoms with E-state index in [4.69, 9.17) is 0 Å². The first-order valence-corrected chi connectivity index (χ1v) is 3.86. The molecule has 62 valence electrons. The fourth-order valence-corrected chi connectivity index (χ4v) is 0.778. The zero-order valence-electron chi connectivity index (χ0n) is 6.97. The lowest BCUT2D eigenvalue weighted by atomic mass is 10.2. The largest absolute Gasteiger partial charge is 0.301 e. The second-order valence-corrected chi connectivity index (χ2v) is 2.57. The van der Waals surface area contributed by atoms with Crippen LogP contribution in [0.1, 0.15) is 12.5 Å². The van der Waals surface area contributed by atoms with Gasteiger partial charge in [0.05, 0.1) is 0 Å². The molecule has 1 aromatic carbocycles. The molecule has 0 unspecified atom stereocenters. The molecule has 2 heteroatoms. The fraction of sp³-hybridized carbons (Fsp3) is 0.200. The number of benzene rings is 1. The van der Waals surface area contributed by atoms with Crippen LogP contribution in [0.4, 0.5) is 0 Å². The highest BCUT2D eigenvalue weighted by atomic mass is 16.1. The molecule has 0 radical (unpaired) electrons. The summed E-state index contributed by atoms with van der Waals surface area (Å²) in [6.07, 6.45) is 2.53. The lowest BCUT2D eigenvalue weighted by molar-refractivity contribution is -0.108. The van der Waals surface area contributed by atoms with Crippen LogP contribution in [0.5, 0.6) is 0 Å². The van der Waals surface area contributed by atoms with Crippen molar-refractivity contribution in [3.05, 3.63) is 35.9 Å². The van der Waals surface area contributed by atoms with E-state index in [1.165, 1.54) is 0 Å². The number of hydrogen-bond acceptors (Lipinski definition) is 2. The van der Waals surface area contributed by atoms with Crippen LogP contribution in [0, 0.1) is 0 Å². The van der Waals surface area contributed by atoms with Crippen LogP contribution in [-0.4, -0.2) is 18.5 Å². The van der Waals surface area contributed by atoms with Crippen LogP contribution in [0.2, 0.25) is 0 Å². The topological polar surface area (TPSA) is 29.4 Å². The number of nitrogens with zero attached hydrogens (tertiary/aromatic N) is 1. The molecular weight excluding hydrogens is 150 g/mol. The van der Waals surface area contributed by atoms with Gasteiger partial charge in [-0.1, -0.05) is 30.3 Å². The van der Waals surface area contributed by atoms with Crippen molar-refractivity contribution in [1.29, 1.82) is 0 Å². The summed E-state index contributed by atoms with van der Waals surface area (Å²) in [7, 11) is 0. The van der Waals surface area contributed by atoms with Crippen LogP contribution in [0.25, 0.3) is 0 Å². The third-order valence-corrected chi connectivity index (χ3v) is 1.46. The molecule has 1 rings (SSSR count). The minimum atomic E-state index is -0.245. The molecule has 0 spiro atoms. The number of carbonyl (C=O) groups is 1. The zero-order valence-corrected chi connectivity index (χ0v) is 6.97. The van der Waals surface area contributed by atoms with Crippen molar-refractivity contribution in [2.75, 3.05) is 0 Å². The Labute approximate surface area is 71.9 Å². The molecule has 0 aliphatic carbocycles. The van der Waals surface area contributed by atoms with E-state index in [0.717, 1.165) is 11.8 Å². The molecule has 1 aromatic rings. The Morgan fingerprint density at radius 3 is 2.58 bits per heavy atom. The molecule has 0 N–H and O–H groups in total. The minimum absolute atomic E-state index is 0.245. The maximum Gasteiger partial charge on any atom is 0.144 e. The van der Waals surface area contributed by atoms with Crippen LogP contribution in [0.3, 0.4) is 0 Å². The smallest absolute Gasteiger partial charge is 0.144 e. The van der Waals surface area contributed by atoms with Gasteiger partial charge in [-0.05, 0) is 12.5 Å². The summed E-state index contributed by atoms with van der Waals surface area (Å²) in [5, 5.41) is 0. The average molecular weight is 161 g/mol. The van der Waals surface area contributed by atoms with E-state index < -0.39 is 0 Å². The number of aliphatic imine (C=N–C) groups is 1. The molecule has 1 atom stereocenters. The Morgan fingerprint density at radius 2 is 2.00 bits per heavy atom. The summed E-state index contributed by atoms with van der Waals surface area (Å²) in [5.74, 6) is 0. The molecule has 0 fully saturated rings. The van der Waals surface area contributed by atoms with E-state index in [9.17, 15) is 4.79 Å². The third-order valence-electron chi connectivity index (χ3n) is 1.46. The highest BCUT2D eigenvalue weighted by Crippen LogP contribution is 1.94.